The van der Waals surface area contributed by atoms with Crippen LogP contribution in [0, 0.1) is 13.8 Å². The van der Waals surface area contributed by atoms with Gasteiger partial charge in [0.2, 0.25) is 5.91 Å². The van der Waals surface area contributed by atoms with Crippen LogP contribution >= 0.6 is 12.4 Å². The Morgan fingerprint density at radius 1 is 1.37 bits per heavy atom. The molecule has 0 aliphatic carbocycles. The molecule has 0 spiro atoms. The summed E-state index contributed by atoms with van der Waals surface area (Å²) in [4.78, 5) is 14.4. The normalized spacial score (nSPS) is 16.8. The van der Waals surface area contributed by atoms with Gasteiger partial charge in [-0.15, -0.1) is 12.4 Å². The number of amides is 1. The van der Waals surface area contributed by atoms with Gasteiger partial charge in [-0.25, -0.2) is 0 Å². The highest BCUT2D eigenvalue weighted by Crippen LogP contribution is 2.22. The first-order valence-electron chi connectivity index (χ1n) is 9.52. The van der Waals surface area contributed by atoms with Crippen molar-refractivity contribution in [3.8, 4) is 0 Å². The van der Waals surface area contributed by atoms with Crippen LogP contribution in [0.1, 0.15) is 42.3 Å². The summed E-state index contributed by atoms with van der Waals surface area (Å²) in [5.41, 5.74) is 3.37. The first-order chi connectivity index (χ1) is 12.5. The highest BCUT2D eigenvalue weighted by Gasteiger charge is 2.20. The van der Waals surface area contributed by atoms with Crippen LogP contribution in [0.3, 0.4) is 0 Å². The molecule has 150 valence electrons. The SMILES string of the molecule is Cc1cc(C)n(CCCN(C)C(=O)Cn2nccc2C2CCCNC2)n1.Cl. The number of aromatic nitrogens is 4. The van der Waals surface area contributed by atoms with E-state index in [4.69, 9.17) is 0 Å². The van der Waals surface area contributed by atoms with E-state index in [9.17, 15) is 4.79 Å². The molecule has 2 aromatic rings. The third kappa shape index (κ3) is 5.56. The number of rotatable bonds is 7. The Kier molecular flexibility index (Phi) is 7.86. The minimum atomic E-state index is 0. The van der Waals surface area contributed by atoms with Gasteiger partial charge in [0.15, 0.2) is 0 Å². The van der Waals surface area contributed by atoms with Gasteiger partial charge in [-0.3, -0.25) is 14.2 Å². The van der Waals surface area contributed by atoms with E-state index in [0.29, 0.717) is 12.5 Å². The molecule has 1 aliphatic heterocycles. The van der Waals surface area contributed by atoms with E-state index in [2.05, 4.69) is 28.5 Å². The quantitative estimate of drug-likeness (QED) is 0.781. The maximum Gasteiger partial charge on any atom is 0.244 e. The largest absolute Gasteiger partial charge is 0.344 e. The van der Waals surface area contributed by atoms with Gasteiger partial charge < -0.3 is 10.2 Å². The Morgan fingerprint density at radius 3 is 2.85 bits per heavy atom. The van der Waals surface area contributed by atoms with Gasteiger partial charge in [-0.05, 0) is 51.8 Å². The van der Waals surface area contributed by atoms with Crippen molar-refractivity contribution in [3.63, 3.8) is 0 Å². The van der Waals surface area contributed by atoms with E-state index in [-0.39, 0.29) is 18.3 Å². The van der Waals surface area contributed by atoms with Gasteiger partial charge in [-0.1, -0.05) is 0 Å². The van der Waals surface area contributed by atoms with Crippen LogP contribution in [-0.4, -0.2) is 57.1 Å². The van der Waals surface area contributed by atoms with Crippen molar-refractivity contribution < 1.29 is 4.79 Å². The average molecular weight is 395 g/mol. The second kappa shape index (κ2) is 9.90. The maximum absolute atomic E-state index is 12.6. The van der Waals surface area contributed by atoms with Crippen molar-refractivity contribution >= 4 is 18.3 Å². The van der Waals surface area contributed by atoms with E-state index in [0.717, 1.165) is 44.7 Å². The zero-order valence-corrected chi connectivity index (χ0v) is 17.3. The molecule has 1 fully saturated rings. The van der Waals surface area contributed by atoms with Gasteiger partial charge in [0.05, 0.1) is 5.69 Å². The van der Waals surface area contributed by atoms with E-state index >= 15 is 0 Å². The lowest BCUT2D eigenvalue weighted by Gasteiger charge is -2.24. The van der Waals surface area contributed by atoms with Crippen LogP contribution in [0.15, 0.2) is 18.3 Å². The fourth-order valence-electron chi connectivity index (χ4n) is 3.66. The predicted molar refractivity (Wildman–Crippen MR) is 108 cm³/mol. The molecule has 2 aromatic heterocycles. The zero-order chi connectivity index (χ0) is 18.5. The number of nitrogens with one attached hydrogen (secondary N) is 1. The van der Waals surface area contributed by atoms with E-state index < -0.39 is 0 Å². The smallest absolute Gasteiger partial charge is 0.244 e. The van der Waals surface area contributed by atoms with Gasteiger partial charge in [0, 0.05) is 50.2 Å². The molecule has 0 aromatic carbocycles. The van der Waals surface area contributed by atoms with Crippen LogP contribution in [-0.2, 0) is 17.9 Å². The Bertz CT molecular complexity index is 734. The minimum Gasteiger partial charge on any atom is -0.344 e. The number of nitrogens with zero attached hydrogens (tertiary/aromatic N) is 5. The molecule has 1 amide bonds. The summed E-state index contributed by atoms with van der Waals surface area (Å²) in [6, 6.07) is 4.13. The second-order valence-electron chi connectivity index (χ2n) is 7.28. The number of carbonyl (C=O) groups excluding carboxylic acids is 1. The number of likely N-dealkylation sites (N-methyl/N-ethyl adjacent to an activating group) is 1. The highest BCUT2D eigenvalue weighted by atomic mass is 35.5. The lowest BCUT2D eigenvalue weighted by Crippen LogP contribution is -2.34. The van der Waals surface area contributed by atoms with Crippen molar-refractivity contribution in [1.82, 2.24) is 29.8 Å². The molecule has 1 saturated heterocycles. The molecule has 1 atom stereocenters. The van der Waals surface area contributed by atoms with Gasteiger partial charge in [0.25, 0.3) is 0 Å². The molecule has 0 saturated carbocycles. The van der Waals surface area contributed by atoms with Gasteiger partial charge in [-0.2, -0.15) is 10.2 Å². The fraction of sp³-hybridized carbons (Fsp3) is 0.632. The van der Waals surface area contributed by atoms with Crippen molar-refractivity contribution in [2.75, 3.05) is 26.7 Å². The summed E-state index contributed by atoms with van der Waals surface area (Å²) in [6.07, 6.45) is 5.03. The van der Waals surface area contributed by atoms with Crippen molar-refractivity contribution in [3.05, 3.63) is 35.4 Å². The number of aryl methyl sites for hydroxylation is 3. The molecule has 1 N–H and O–H groups in total. The van der Waals surface area contributed by atoms with E-state index in [1.54, 1.807) is 11.1 Å². The summed E-state index contributed by atoms with van der Waals surface area (Å²) < 4.78 is 3.88. The molecule has 7 nitrogen and oxygen atoms in total. The van der Waals surface area contributed by atoms with E-state index in [1.165, 1.54) is 17.8 Å². The fourth-order valence-corrected chi connectivity index (χ4v) is 3.66. The molecule has 0 radical (unpaired) electrons. The predicted octanol–water partition coefficient (Wildman–Crippen LogP) is 2.13. The summed E-state index contributed by atoms with van der Waals surface area (Å²) >= 11 is 0. The molecule has 27 heavy (non-hydrogen) atoms. The Hall–Kier alpha value is -1.86. The number of hydrogen-bond acceptors (Lipinski definition) is 4. The second-order valence-corrected chi connectivity index (χ2v) is 7.28. The van der Waals surface area contributed by atoms with E-state index in [1.807, 2.05) is 29.4 Å². The van der Waals surface area contributed by atoms with Gasteiger partial charge in [0.1, 0.15) is 6.54 Å². The molecule has 0 bridgehead atoms. The Labute approximate surface area is 167 Å². The molecule has 1 unspecified atom stereocenters. The monoisotopic (exact) mass is 394 g/mol. The number of carbonyl (C=O) groups is 1. The molecule has 8 heteroatoms. The first-order valence-corrected chi connectivity index (χ1v) is 9.52. The zero-order valence-electron chi connectivity index (χ0n) is 16.5. The summed E-state index contributed by atoms with van der Waals surface area (Å²) in [6.45, 7) is 7.99. The third-order valence-electron chi connectivity index (χ3n) is 5.14. The van der Waals surface area contributed by atoms with Crippen molar-refractivity contribution in [1.29, 1.82) is 0 Å². The van der Waals surface area contributed by atoms with Crippen LogP contribution in [0.2, 0.25) is 0 Å². The summed E-state index contributed by atoms with van der Waals surface area (Å²) in [7, 11) is 1.87. The third-order valence-corrected chi connectivity index (χ3v) is 5.14. The standard InChI is InChI=1S/C19H30N6O.ClH/c1-15-12-16(2)24(22-15)11-5-10-23(3)19(26)14-25-18(7-9-21-25)17-6-4-8-20-13-17;/h7,9,12,17,20H,4-6,8,10-11,13-14H2,1-3H3;1H. The summed E-state index contributed by atoms with van der Waals surface area (Å²) in [5.74, 6) is 0.558. The molecule has 1 aliphatic rings. The maximum atomic E-state index is 12.6. The average Bonchev–Trinajstić information content (AvgIpc) is 3.21. The number of halogens is 1. The van der Waals surface area contributed by atoms with Crippen LogP contribution in [0.25, 0.3) is 0 Å². The number of hydrogen-bond donors (Lipinski definition) is 1. The topological polar surface area (TPSA) is 68.0 Å². The highest BCUT2D eigenvalue weighted by molar-refractivity contribution is 5.85. The first kappa shape index (κ1) is 21.4. The Balaban J connectivity index is 0.00000261. The summed E-state index contributed by atoms with van der Waals surface area (Å²) in [5, 5.41) is 12.3. The molecular weight excluding hydrogens is 364 g/mol. The Morgan fingerprint density at radius 2 is 2.19 bits per heavy atom. The molecule has 3 heterocycles. The van der Waals surface area contributed by atoms with Crippen molar-refractivity contribution in [2.24, 2.45) is 0 Å². The lowest BCUT2D eigenvalue weighted by atomic mass is 9.96. The van der Waals surface area contributed by atoms with Crippen LogP contribution < -0.4 is 5.32 Å². The molecular formula is C19H31ClN6O. The van der Waals surface area contributed by atoms with Crippen LogP contribution in [0.4, 0.5) is 0 Å². The number of piperidine rings is 1. The minimum absolute atomic E-state index is 0. The van der Waals surface area contributed by atoms with Gasteiger partial charge >= 0.3 is 0 Å². The lowest BCUT2D eigenvalue weighted by molar-refractivity contribution is -0.130. The van der Waals surface area contributed by atoms with Crippen LogP contribution in [0.5, 0.6) is 0 Å². The molecule has 3 rings (SSSR count). The van der Waals surface area contributed by atoms with Crippen molar-refractivity contribution in [2.45, 2.75) is 52.1 Å².